The van der Waals surface area contributed by atoms with E-state index in [1.165, 1.54) is 12.1 Å². The van der Waals surface area contributed by atoms with Gasteiger partial charge < -0.3 is 15.0 Å². The van der Waals surface area contributed by atoms with Crippen LogP contribution in [0.1, 0.15) is 29.5 Å². The maximum atomic E-state index is 13.6. The molecule has 1 fully saturated rings. The molecule has 2 aliphatic heterocycles. The van der Waals surface area contributed by atoms with Gasteiger partial charge in [-0.15, -0.1) is 0 Å². The van der Waals surface area contributed by atoms with Gasteiger partial charge in [-0.1, -0.05) is 18.2 Å². The normalized spacial score (nSPS) is 19.7. The number of amides is 2. The van der Waals surface area contributed by atoms with Crippen molar-refractivity contribution in [2.45, 2.75) is 18.4 Å². The van der Waals surface area contributed by atoms with E-state index in [0.717, 1.165) is 11.3 Å². The van der Waals surface area contributed by atoms with E-state index in [1.54, 1.807) is 18.1 Å². The zero-order chi connectivity index (χ0) is 22.0. The number of carbonyl (C=O) groups excluding carboxylic acids is 2. The number of anilines is 1. The monoisotopic (exact) mass is 422 g/mol. The molecule has 2 heterocycles. The minimum Gasteiger partial charge on any atom is -0.497 e. The van der Waals surface area contributed by atoms with Crippen molar-refractivity contribution in [3.63, 3.8) is 0 Å². The maximum Gasteiger partial charge on any atom is 0.230 e. The van der Waals surface area contributed by atoms with Crippen LogP contribution in [-0.4, -0.2) is 54.9 Å². The van der Waals surface area contributed by atoms with Crippen molar-refractivity contribution in [2.24, 2.45) is 0 Å². The quantitative estimate of drug-likeness (QED) is 0.819. The van der Waals surface area contributed by atoms with Crippen molar-refractivity contribution in [3.8, 4) is 11.8 Å². The van der Waals surface area contributed by atoms with E-state index in [2.05, 4.69) is 11.4 Å². The lowest BCUT2D eigenvalue weighted by Gasteiger charge is -2.39. The SMILES string of the molecule is COc1ccc(C(C#N)N2CCN(C(=O)C3CC(=O)Nc4cc(F)ccc43)CC2)cc1. The Morgan fingerprint density at radius 2 is 1.90 bits per heavy atom. The lowest BCUT2D eigenvalue weighted by molar-refractivity contribution is -0.136. The van der Waals surface area contributed by atoms with Crippen LogP contribution in [0.15, 0.2) is 42.5 Å². The molecule has 2 aromatic carbocycles. The third-order valence-electron chi connectivity index (χ3n) is 5.90. The fourth-order valence-electron chi connectivity index (χ4n) is 4.23. The van der Waals surface area contributed by atoms with E-state index in [4.69, 9.17) is 4.74 Å². The molecule has 2 aromatic rings. The molecular formula is C23H23FN4O3. The summed E-state index contributed by atoms with van der Waals surface area (Å²) in [6.45, 7) is 2.01. The molecule has 1 saturated heterocycles. The number of benzene rings is 2. The molecule has 2 unspecified atom stereocenters. The zero-order valence-electron chi connectivity index (χ0n) is 17.2. The molecular weight excluding hydrogens is 399 g/mol. The minimum absolute atomic E-state index is 0.0460. The number of carbonyl (C=O) groups is 2. The molecule has 7 nitrogen and oxygen atoms in total. The Kier molecular flexibility index (Phi) is 5.87. The summed E-state index contributed by atoms with van der Waals surface area (Å²) in [6, 6.07) is 13.5. The average molecular weight is 422 g/mol. The number of halogens is 1. The van der Waals surface area contributed by atoms with E-state index in [9.17, 15) is 19.2 Å². The molecule has 0 spiro atoms. The van der Waals surface area contributed by atoms with E-state index in [-0.39, 0.29) is 18.2 Å². The molecule has 2 amide bonds. The van der Waals surface area contributed by atoms with Crippen LogP contribution in [-0.2, 0) is 9.59 Å². The Hall–Kier alpha value is -3.44. The fraction of sp³-hybridized carbons (Fsp3) is 0.348. The summed E-state index contributed by atoms with van der Waals surface area (Å²) in [5.41, 5.74) is 1.88. The second-order valence-corrected chi connectivity index (χ2v) is 7.70. The molecule has 0 saturated carbocycles. The highest BCUT2D eigenvalue weighted by Crippen LogP contribution is 2.34. The predicted molar refractivity (Wildman–Crippen MR) is 112 cm³/mol. The van der Waals surface area contributed by atoms with Crippen molar-refractivity contribution in [3.05, 3.63) is 59.4 Å². The molecule has 0 aromatic heterocycles. The molecule has 160 valence electrons. The van der Waals surface area contributed by atoms with Crippen LogP contribution in [0.4, 0.5) is 10.1 Å². The third kappa shape index (κ3) is 4.23. The lowest BCUT2D eigenvalue weighted by Crippen LogP contribution is -2.51. The van der Waals surface area contributed by atoms with Gasteiger partial charge in [0.25, 0.3) is 0 Å². The fourth-order valence-corrected chi connectivity index (χ4v) is 4.23. The Morgan fingerprint density at radius 1 is 1.19 bits per heavy atom. The van der Waals surface area contributed by atoms with E-state index in [1.807, 2.05) is 29.2 Å². The first-order valence-electron chi connectivity index (χ1n) is 10.2. The smallest absolute Gasteiger partial charge is 0.230 e. The summed E-state index contributed by atoms with van der Waals surface area (Å²) >= 11 is 0. The largest absolute Gasteiger partial charge is 0.497 e. The van der Waals surface area contributed by atoms with Gasteiger partial charge in [-0.2, -0.15) is 5.26 Å². The van der Waals surface area contributed by atoms with Crippen LogP contribution in [0.3, 0.4) is 0 Å². The van der Waals surface area contributed by atoms with E-state index < -0.39 is 17.8 Å². The Balaban J connectivity index is 1.44. The summed E-state index contributed by atoms with van der Waals surface area (Å²) in [4.78, 5) is 29.0. The first-order valence-corrected chi connectivity index (χ1v) is 10.2. The van der Waals surface area contributed by atoms with Crippen molar-refractivity contribution >= 4 is 17.5 Å². The second kappa shape index (κ2) is 8.74. The highest BCUT2D eigenvalue weighted by molar-refractivity contribution is 6.01. The van der Waals surface area contributed by atoms with Crippen molar-refractivity contribution < 1.29 is 18.7 Å². The van der Waals surface area contributed by atoms with Crippen LogP contribution >= 0.6 is 0 Å². The predicted octanol–water partition coefficient (Wildman–Crippen LogP) is 2.67. The van der Waals surface area contributed by atoms with Gasteiger partial charge in [0.1, 0.15) is 17.6 Å². The Labute approximate surface area is 180 Å². The van der Waals surface area contributed by atoms with Crippen molar-refractivity contribution in [1.29, 1.82) is 5.26 Å². The van der Waals surface area contributed by atoms with Gasteiger partial charge in [0, 0.05) is 38.3 Å². The maximum absolute atomic E-state index is 13.6. The van der Waals surface area contributed by atoms with Crippen LogP contribution in [0.25, 0.3) is 0 Å². The Bertz CT molecular complexity index is 1030. The summed E-state index contributed by atoms with van der Waals surface area (Å²) in [6.07, 6.45) is 0.0460. The number of fused-ring (bicyclic) bond motifs is 1. The van der Waals surface area contributed by atoms with Crippen molar-refractivity contribution in [1.82, 2.24) is 9.80 Å². The second-order valence-electron chi connectivity index (χ2n) is 7.70. The number of rotatable bonds is 4. The number of piperazine rings is 1. The van der Waals surface area contributed by atoms with Gasteiger partial charge in [0.2, 0.25) is 11.8 Å². The van der Waals surface area contributed by atoms with Gasteiger partial charge in [0.15, 0.2) is 0 Å². The van der Waals surface area contributed by atoms with E-state index in [0.29, 0.717) is 37.4 Å². The number of ether oxygens (including phenoxy) is 1. The first kappa shape index (κ1) is 20.8. The summed E-state index contributed by atoms with van der Waals surface area (Å²) < 4.78 is 18.7. The molecule has 8 heteroatoms. The molecule has 0 radical (unpaired) electrons. The van der Waals surface area contributed by atoms with Gasteiger partial charge in [-0.05, 0) is 35.4 Å². The highest BCUT2D eigenvalue weighted by Gasteiger charge is 2.35. The van der Waals surface area contributed by atoms with Crippen LogP contribution < -0.4 is 10.1 Å². The van der Waals surface area contributed by atoms with Gasteiger partial charge in [-0.25, -0.2) is 4.39 Å². The van der Waals surface area contributed by atoms with E-state index >= 15 is 0 Å². The van der Waals surface area contributed by atoms with Crippen LogP contribution in [0.2, 0.25) is 0 Å². The summed E-state index contributed by atoms with van der Waals surface area (Å²) in [5, 5.41) is 12.4. The lowest BCUT2D eigenvalue weighted by atomic mass is 9.89. The standard InChI is InChI=1S/C23H23FN4O3/c1-31-17-5-2-15(3-6-17)21(14-25)27-8-10-28(11-9-27)23(30)19-13-22(29)26-20-12-16(24)4-7-18(19)20/h2-7,12,19,21H,8-11,13H2,1H3,(H,26,29). The number of hydrogen-bond donors (Lipinski definition) is 1. The number of hydrogen-bond acceptors (Lipinski definition) is 5. The summed E-state index contributed by atoms with van der Waals surface area (Å²) in [7, 11) is 1.60. The molecule has 0 bridgehead atoms. The van der Waals surface area contributed by atoms with Gasteiger partial charge >= 0.3 is 0 Å². The topological polar surface area (TPSA) is 85.7 Å². The molecule has 1 N–H and O–H groups in total. The number of nitriles is 1. The summed E-state index contributed by atoms with van der Waals surface area (Å²) in [5.74, 6) is -0.780. The third-order valence-corrected chi connectivity index (χ3v) is 5.90. The van der Waals surface area contributed by atoms with Gasteiger partial charge in [0.05, 0.1) is 19.1 Å². The minimum atomic E-state index is -0.621. The highest BCUT2D eigenvalue weighted by atomic mass is 19.1. The molecule has 0 aliphatic carbocycles. The molecule has 2 aliphatic rings. The van der Waals surface area contributed by atoms with Crippen molar-refractivity contribution in [2.75, 3.05) is 38.6 Å². The van der Waals surface area contributed by atoms with Crippen LogP contribution in [0.5, 0.6) is 5.75 Å². The first-order chi connectivity index (χ1) is 15.0. The number of nitrogens with zero attached hydrogens (tertiary/aromatic N) is 3. The average Bonchev–Trinajstić information content (AvgIpc) is 2.79. The Morgan fingerprint density at radius 3 is 2.55 bits per heavy atom. The zero-order valence-corrected chi connectivity index (χ0v) is 17.2. The molecule has 31 heavy (non-hydrogen) atoms. The molecule has 2 atom stereocenters. The number of nitrogens with one attached hydrogen (secondary N) is 1. The number of methoxy groups -OCH3 is 1. The molecule has 4 rings (SSSR count). The van der Waals surface area contributed by atoms with Crippen LogP contribution in [0, 0.1) is 17.1 Å². The van der Waals surface area contributed by atoms with Gasteiger partial charge in [-0.3, -0.25) is 14.5 Å².